The third kappa shape index (κ3) is 51.5. The van der Waals surface area contributed by atoms with Crippen LogP contribution in [-0.4, -0.2) is 25.1 Å². The second-order valence-electron chi connectivity index (χ2n) is 0.447. The maximum atomic E-state index is 3.50. The Labute approximate surface area is 52.4 Å². The molecule has 0 aromatic rings. The van der Waals surface area contributed by atoms with E-state index in [0.717, 1.165) is 0 Å². The van der Waals surface area contributed by atoms with Gasteiger partial charge in [0.25, 0.3) is 0 Å². The van der Waals surface area contributed by atoms with Gasteiger partial charge in [-0.3, -0.25) is 0 Å². The molecule has 1 nitrogen and oxygen atoms in total. The van der Waals surface area contributed by atoms with Crippen LogP contribution in [0.1, 0.15) is 0 Å². The molecule has 0 unspecified atom stereocenters. The van der Waals surface area contributed by atoms with E-state index >= 15 is 0 Å². The average Bonchev–Trinajstić information content (AvgIpc) is 0.918. The fourth-order valence-electron chi connectivity index (χ4n) is 0. The Kier molecular flexibility index (Phi) is 69.8. The zero-order valence-electron chi connectivity index (χ0n) is 3.95. The first-order valence-electron chi connectivity index (χ1n) is 0.894. The number of nitrogens with zero attached hydrogens (tertiary/aromatic N) is 1. The van der Waals surface area contributed by atoms with E-state index in [9.17, 15) is 0 Å². The van der Waals surface area contributed by atoms with Crippen molar-refractivity contribution in [2.45, 2.75) is 0 Å². The molecule has 31 valence electrons. The van der Waals surface area contributed by atoms with Crippen LogP contribution in [0.5, 0.6) is 0 Å². The molecule has 0 atom stereocenters. The van der Waals surface area contributed by atoms with Crippen molar-refractivity contribution in [2.24, 2.45) is 0 Å². The fourth-order valence-corrected chi connectivity index (χ4v) is 0. The summed E-state index contributed by atoms with van der Waals surface area (Å²) < 4.78 is 0. The van der Waals surface area contributed by atoms with Crippen molar-refractivity contribution < 1.29 is 21.7 Å². The summed E-state index contributed by atoms with van der Waals surface area (Å²) in [6.07, 6.45) is 0. The molecule has 0 amide bonds. The number of hydrogen-bond acceptors (Lipinski definition) is 0. The van der Waals surface area contributed by atoms with Crippen molar-refractivity contribution in [1.29, 1.82) is 0 Å². The summed E-state index contributed by atoms with van der Waals surface area (Å²) in [7, 11) is 3.50. The summed E-state index contributed by atoms with van der Waals surface area (Å²) in [6, 6.07) is 0. The van der Waals surface area contributed by atoms with Gasteiger partial charge >= 0.3 is 0 Å². The second-order valence-corrected chi connectivity index (χ2v) is 0.447. The molecule has 1 radical (unpaired) electrons. The first-order valence-corrected chi connectivity index (χ1v) is 0.894. The Balaban J connectivity index is -0.0000000200. The van der Waals surface area contributed by atoms with Crippen LogP contribution in [0.3, 0.4) is 0 Å². The molecule has 0 aromatic carbocycles. The van der Waals surface area contributed by atoms with Crippen LogP contribution in [0.4, 0.5) is 0 Å². The molecule has 0 saturated heterocycles. The average molecular weight is 123 g/mol. The topological polar surface area (TPSA) is 14.1 Å². The Bertz CT molecular complexity index is 9.61. The van der Waals surface area contributed by atoms with Crippen LogP contribution < -0.4 is 0 Å². The molecule has 0 saturated carbocycles. The van der Waals surface area contributed by atoms with E-state index < -0.39 is 0 Å². The normalized spacial score (nSPS) is 3.60. The molecular weight excluding hydrogens is 114 g/mol. The van der Waals surface area contributed by atoms with E-state index in [0.29, 0.717) is 0 Å². The van der Waals surface area contributed by atoms with Crippen LogP contribution in [-0.2, 0) is 21.7 Å². The fraction of sp³-hybridized carbons (Fsp3) is 1.00. The van der Waals surface area contributed by atoms with E-state index in [4.69, 9.17) is 0 Å². The Morgan fingerprint density at radius 2 is 1.20 bits per heavy atom. The van der Waals surface area contributed by atoms with Crippen LogP contribution in [0.15, 0.2) is 0 Å². The van der Waals surface area contributed by atoms with E-state index in [1.807, 2.05) is 0 Å². The Morgan fingerprint density at radius 1 is 1.20 bits per heavy atom. The largest absolute Gasteiger partial charge is 0.668 e. The minimum atomic E-state index is 0. The zero-order valence-corrected chi connectivity index (χ0v) is 7.51. The molecule has 3 heteroatoms. The quantitative estimate of drug-likeness (QED) is 0.383. The zero-order chi connectivity index (χ0) is 2.71. The van der Waals surface area contributed by atoms with Crippen molar-refractivity contribution in [2.75, 3.05) is 14.1 Å². The Hall–Kier alpha value is 0.891. The van der Waals surface area contributed by atoms with Gasteiger partial charge in [0, 0.05) is 21.7 Å². The SMILES string of the molecule is C[N-]C.[SiH3].[Ti]. The van der Waals surface area contributed by atoms with Crippen LogP contribution in [0.2, 0.25) is 0 Å². The third-order valence-electron chi connectivity index (χ3n) is 0. The molecule has 0 fully saturated rings. The molecule has 0 heterocycles. The van der Waals surface area contributed by atoms with Crippen LogP contribution in [0.25, 0.3) is 5.32 Å². The maximum absolute atomic E-state index is 3.50. The predicted octanol–water partition coefficient (Wildman–Crippen LogP) is -0.567. The molecule has 0 N–H and O–H groups in total. The van der Waals surface area contributed by atoms with Crippen molar-refractivity contribution in [3.8, 4) is 0 Å². The minimum absolute atomic E-state index is 0. The van der Waals surface area contributed by atoms with Gasteiger partial charge in [-0.05, 0) is 11.0 Å². The molecule has 0 spiro atoms. The van der Waals surface area contributed by atoms with Crippen LogP contribution >= 0.6 is 0 Å². The van der Waals surface area contributed by atoms with Gasteiger partial charge in [0.1, 0.15) is 0 Å². The Morgan fingerprint density at radius 3 is 1.20 bits per heavy atom. The molecule has 0 aliphatic rings. The van der Waals surface area contributed by atoms with Gasteiger partial charge in [-0.25, -0.2) is 0 Å². The van der Waals surface area contributed by atoms with E-state index in [1.165, 1.54) is 0 Å². The standard InChI is InChI=1S/C2H6N.H3Si.Ti/c1-3-2;;/h1-2H3;1H3;/q-1;;. The van der Waals surface area contributed by atoms with Gasteiger partial charge in [0.2, 0.25) is 0 Å². The smallest absolute Gasteiger partial charge is 0 e. The molecule has 0 aromatic heterocycles. The summed E-state index contributed by atoms with van der Waals surface area (Å²) in [5, 5.41) is 3.50. The van der Waals surface area contributed by atoms with Gasteiger partial charge in [-0.1, -0.05) is 0 Å². The summed E-state index contributed by atoms with van der Waals surface area (Å²) in [5.74, 6) is 0. The first kappa shape index (κ1) is 16.9. The van der Waals surface area contributed by atoms with E-state index in [1.54, 1.807) is 14.1 Å². The van der Waals surface area contributed by atoms with E-state index in [2.05, 4.69) is 5.32 Å². The van der Waals surface area contributed by atoms with Crippen molar-refractivity contribution in [1.82, 2.24) is 0 Å². The second kappa shape index (κ2) is 20.7. The van der Waals surface area contributed by atoms with Gasteiger partial charge in [-0.2, -0.15) is 14.1 Å². The van der Waals surface area contributed by atoms with Gasteiger partial charge in [0.05, 0.1) is 0 Å². The molecule has 5 heavy (non-hydrogen) atoms. The predicted molar refractivity (Wildman–Crippen MR) is 25.1 cm³/mol. The summed E-state index contributed by atoms with van der Waals surface area (Å²) >= 11 is 0. The van der Waals surface area contributed by atoms with Gasteiger partial charge in [0.15, 0.2) is 0 Å². The summed E-state index contributed by atoms with van der Waals surface area (Å²) in [4.78, 5) is 0. The van der Waals surface area contributed by atoms with Crippen molar-refractivity contribution in [3.63, 3.8) is 0 Å². The molecule has 0 rings (SSSR count). The molecule has 0 aliphatic heterocycles. The summed E-state index contributed by atoms with van der Waals surface area (Å²) in [6.45, 7) is 0. The molecular formula is C2H9NSiTi-. The number of hydrogen-bond donors (Lipinski definition) is 0. The van der Waals surface area contributed by atoms with Crippen LogP contribution in [0, 0.1) is 0 Å². The first-order chi connectivity index (χ1) is 1.41. The van der Waals surface area contributed by atoms with Crippen molar-refractivity contribution >= 4 is 11.0 Å². The van der Waals surface area contributed by atoms with Crippen molar-refractivity contribution in [3.05, 3.63) is 5.32 Å². The molecule has 0 aliphatic carbocycles. The number of rotatable bonds is 0. The third-order valence-corrected chi connectivity index (χ3v) is 0. The maximum Gasteiger partial charge on any atom is 0 e. The summed E-state index contributed by atoms with van der Waals surface area (Å²) in [5.41, 5.74) is 0. The van der Waals surface area contributed by atoms with Gasteiger partial charge in [-0.15, -0.1) is 0 Å². The van der Waals surface area contributed by atoms with Gasteiger partial charge < -0.3 is 5.32 Å². The minimum Gasteiger partial charge on any atom is -0.668 e. The monoisotopic (exact) mass is 123 g/mol. The van der Waals surface area contributed by atoms with E-state index in [-0.39, 0.29) is 32.7 Å². The molecule has 0 bridgehead atoms.